The van der Waals surface area contributed by atoms with Crippen molar-refractivity contribution < 1.29 is 5.11 Å². The summed E-state index contributed by atoms with van der Waals surface area (Å²) in [4.78, 5) is 4.34. The number of nitrogens with zero attached hydrogens (tertiary/aromatic N) is 3. The van der Waals surface area contributed by atoms with Gasteiger partial charge in [0.25, 0.3) is 0 Å². The number of aromatic nitrogens is 3. The molecule has 0 saturated carbocycles. The van der Waals surface area contributed by atoms with Crippen LogP contribution in [0.2, 0.25) is 0 Å². The van der Waals surface area contributed by atoms with Crippen molar-refractivity contribution in [1.29, 1.82) is 0 Å². The number of aryl methyl sites for hydroxylation is 1. The van der Waals surface area contributed by atoms with Crippen molar-refractivity contribution in [1.82, 2.24) is 20.1 Å². The summed E-state index contributed by atoms with van der Waals surface area (Å²) < 4.78 is 2.09. The lowest BCUT2D eigenvalue weighted by molar-refractivity contribution is 0.220. The van der Waals surface area contributed by atoms with Gasteiger partial charge in [-0.3, -0.25) is 9.67 Å². The summed E-state index contributed by atoms with van der Waals surface area (Å²) in [6.45, 7) is 12.4. The molecule has 0 fully saturated rings. The minimum Gasteiger partial charge on any atom is -0.396 e. The third-order valence-electron chi connectivity index (χ3n) is 4.29. The zero-order chi connectivity index (χ0) is 17.7. The van der Waals surface area contributed by atoms with E-state index in [4.69, 9.17) is 0 Å². The summed E-state index contributed by atoms with van der Waals surface area (Å²) in [7, 11) is 0. The molecule has 5 nitrogen and oxygen atoms in total. The Morgan fingerprint density at radius 1 is 1.25 bits per heavy atom. The number of pyridine rings is 1. The normalized spacial score (nSPS) is 13.2. The summed E-state index contributed by atoms with van der Waals surface area (Å²) in [5.74, 6) is 0.165. The van der Waals surface area contributed by atoms with Crippen LogP contribution in [0, 0.1) is 19.8 Å². The fourth-order valence-corrected chi connectivity index (χ4v) is 3.00. The second-order valence-electron chi connectivity index (χ2n) is 7.44. The Labute approximate surface area is 145 Å². The van der Waals surface area contributed by atoms with Crippen LogP contribution in [0.3, 0.4) is 0 Å². The van der Waals surface area contributed by atoms with E-state index in [1.54, 1.807) is 6.20 Å². The van der Waals surface area contributed by atoms with E-state index in [9.17, 15) is 5.11 Å². The zero-order valence-corrected chi connectivity index (χ0v) is 15.5. The van der Waals surface area contributed by atoms with E-state index in [0.717, 1.165) is 30.9 Å². The second-order valence-corrected chi connectivity index (χ2v) is 7.44. The standard InChI is InChI=1S/C19H30N4O/c1-14-18(15(2)23(22-14)19(3,4)5)12-20-11-16(13-24)10-17-8-6-7-9-21-17/h6-9,16,20,24H,10-13H2,1-5H3. The van der Waals surface area contributed by atoms with Gasteiger partial charge in [0.05, 0.1) is 11.2 Å². The van der Waals surface area contributed by atoms with Gasteiger partial charge in [0, 0.05) is 42.8 Å². The van der Waals surface area contributed by atoms with E-state index in [1.165, 1.54) is 11.3 Å². The average Bonchev–Trinajstić information content (AvgIpc) is 2.83. The summed E-state index contributed by atoms with van der Waals surface area (Å²) >= 11 is 0. The fraction of sp³-hybridized carbons (Fsp3) is 0.579. The lowest BCUT2D eigenvalue weighted by atomic mass is 10.0. The SMILES string of the molecule is Cc1nn(C(C)(C)C)c(C)c1CNCC(CO)Cc1ccccn1. The summed E-state index contributed by atoms with van der Waals surface area (Å²) in [6, 6.07) is 5.90. The van der Waals surface area contributed by atoms with Crippen LogP contribution >= 0.6 is 0 Å². The van der Waals surface area contributed by atoms with Crippen molar-refractivity contribution in [3.63, 3.8) is 0 Å². The van der Waals surface area contributed by atoms with Crippen LogP contribution in [0.25, 0.3) is 0 Å². The van der Waals surface area contributed by atoms with E-state index in [-0.39, 0.29) is 18.1 Å². The molecule has 1 unspecified atom stereocenters. The number of aliphatic hydroxyl groups excluding tert-OH is 1. The van der Waals surface area contributed by atoms with Crippen molar-refractivity contribution in [3.8, 4) is 0 Å². The highest BCUT2D eigenvalue weighted by molar-refractivity contribution is 5.25. The van der Waals surface area contributed by atoms with Crippen molar-refractivity contribution in [3.05, 3.63) is 47.0 Å². The van der Waals surface area contributed by atoms with Gasteiger partial charge >= 0.3 is 0 Å². The lowest BCUT2D eigenvalue weighted by Gasteiger charge is -2.21. The highest BCUT2D eigenvalue weighted by atomic mass is 16.3. The monoisotopic (exact) mass is 330 g/mol. The van der Waals surface area contributed by atoms with E-state index < -0.39 is 0 Å². The fourth-order valence-electron chi connectivity index (χ4n) is 3.00. The molecular formula is C19H30N4O. The molecule has 0 amide bonds. The molecule has 5 heteroatoms. The highest BCUT2D eigenvalue weighted by Gasteiger charge is 2.20. The number of nitrogens with one attached hydrogen (secondary N) is 1. The predicted molar refractivity (Wildman–Crippen MR) is 96.9 cm³/mol. The van der Waals surface area contributed by atoms with Crippen LogP contribution in [-0.4, -0.2) is 33.0 Å². The van der Waals surface area contributed by atoms with Crippen LogP contribution in [0.5, 0.6) is 0 Å². The first kappa shape index (κ1) is 18.6. The quantitative estimate of drug-likeness (QED) is 0.819. The van der Waals surface area contributed by atoms with Gasteiger partial charge in [0.2, 0.25) is 0 Å². The van der Waals surface area contributed by atoms with E-state index in [1.807, 2.05) is 18.2 Å². The average molecular weight is 330 g/mol. The third-order valence-corrected chi connectivity index (χ3v) is 4.29. The molecule has 2 N–H and O–H groups in total. The molecule has 0 radical (unpaired) electrons. The largest absolute Gasteiger partial charge is 0.396 e. The van der Waals surface area contributed by atoms with Crippen molar-refractivity contribution in [2.24, 2.45) is 5.92 Å². The van der Waals surface area contributed by atoms with Gasteiger partial charge < -0.3 is 10.4 Å². The van der Waals surface area contributed by atoms with Crippen LogP contribution in [0.15, 0.2) is 24.4 Å². The minimum atomic E-state index is -0.0142. The van der Waals surface area contributed by atoms with Gasteiger partial charge in [-0.05, 0) is 59.1 Å². The van der Waals surface area contributed by atoms with E-state index >= 15 is 0 Å². The molecule has 2 aromatic rings. The molecule has 0 bridgehead atoms. The maximum atomic E-state index is 9.62. The lowest BCUT2D eigenvalue weighted by Crippen LogP contribution is -2.27. The van der Waals surface area contributed by atoms with Crippen molar-refractivity contribution >= 4 is 0 Å². The van der Waals surface area contributed by atoms with Crippen LogP contribution in [0.1, 0.15) is 43.4 Å². The number of hydrogen-bond acceptors (Lipinski definition) is 4. The molecule has 1 atom stereocenters. The zero-order valence-electron chi connectivity index (χ0n) is 15.5. The molecule has 2 aromatic heterocycles. The molecule has 0 spiro atoms. The Morgan fingerprint density at radius 2 is 2.00 bits per heavy atom. The van der Waals surface area contributed by atoms with Gasteiger partial charge in [0.1, 0.15) is 0 Å². The van der Waals surface area contributed by atoms with Gasteiger partial charge in [-0.1, -0.05) is 6.07 Å². The Balaban J connectivity index is 1.95. The van der Waals surface area contributed by atoms with Crippen molar-refractivity contribution in [2.45, 2.75) is 53.1 Å². The van der Waals surface area contributed by atoms with E-state index in [2.05, 4.69) is 54.7 Å². The predicted octanol–water partition coefficient (Wildman–Crippen LogP) is 2.59. The van der Waals surface area contributed by atoms with Gasteiger partial charge in [-0.2, -0.15) is 5.10 Å². The molecule has 2 heterocycles. The van der Waals surface area contributed by atoms with E-state index in [0.29, 0.717) is 0 Å². The topological polar surface area (TPSA) is 63.0 Å². The maximum absolute atomic E-state index is 9.62. The number of aliphatic hydroxyl groups is 1. The molecule has 24 heavy (non-hydrogen) atoms. The van der Waals surface area contributed by atoms with Crippen LogP contribution < -0.4 is 5.32 Å². The first-order valence-electron chi connectivity index (χ1n) is 8.60. The molecule has 132 valence electrons. The third kappa shape index (κ3) is 4.65. The molecule has 2 rings (SSSR count). The van der Waals surface area contributed by atoms with Crippen LogP contribution in [0.4, 0.5) is 0 Å². The molecule has 0 aliphatic carbocycles. The molecule has 0 aliphatic rings. The number of rotatable bonds is 7. The highest BCUT2D eigenvalue weighted by Crippen LogP contribution is 2.21. The molecular weight excluding hydrogens is 300 g/mol. The van der Waals surface area contributed by atoms with Gasteiger partial charge in [-0.15, -0.1) is 0 Å². The number of hydrogen-bond donors (Lipinski definition) is 2. The Kier molecular flexibility index (Phi) is 6.13. The summed E-state index contributed by atoms with van der Waals surface area (Å²) in [5, 5.41) is 17.8. The second kappa shape index (κ2) is 7.90. The van der Waals surface area contributed by atoms with Gasteiger partial charge in [0.15, 0.2) is 0 Å². The summed E-state index contributed by atoms with van der Waals surface area (Å²) in [5.41, 5.74) is 4.53. The Morgan fingerprint density at radius 3 is 2.54 bits per heavy atom. The minimum absolute atomic E-state index is 0.0142. The Bertz CT molecular complexity index is 643. The maximum Gasteiger partial charge on any atom is 0.0641 e. The molecule has 0 aromatic carbocycles. The first-order valence-corrected chi connectivity index (χ1v) is 8.60. The smallest absolute Gasteiger partial charge is 0.0641 e. The molecule has 0 saturated heterocycles. The first-order chi connectivity index (χ1) is 11.3. The van der Waals surface area contributed by atoms with Crippen LogP contribution in [-0.2, 0) is 18.5 Å². The Hall–Kier alpha value is -1.72. The van der Waals surface area contributed by atoms with Gasteiger partial charge in [-0.25, -0.2) is 0 Å². The summed E-state index contributed by atoms with van der Waals surface area (Å²) in [6.07, 6.45) is 2.58. The molecule has 0 aliphatic heterocycles. The van der Waals surface area contributed by atoms with Crippen molar-refractivity contribution in [2.75, 3.05) is 13.2 Å².